The Morgan fingerprint density at radius 2 is 2.29 bits per heavy atom. The molecule has 0 saturated heterocycles. The maximum Gasteiger partial charge on any atom is 0.167 e. The summed E-state index contributed by atoms with van der Waals surface area (Å²) in [5, 5.41) is 7.18. The summed E-state index contributed by atoms with van der Waals surface area (Å²) in [7, 11) is 0. The molecule has 0 spiro atoms. The summed E-state index contributed by atoms with van der Waals surface area (Å²) >= 11 is 0. The van der Waals surface area contributed by atoms with E-state index in [9.17, 15) is 4.79 Å². The van der Waals surface area contributed by atoms with E-state index in [0.29, 0.717) is 12.1 Å². The van der Waals surface area contributed by atoms with Crippen molar-refractivity contribution in [3.8, 4) is 11.3 Å². The summed E-state index contributed by atoms with van der Waals surface area (Å²) in [6.45, 7) is 0. The van der Waals surface area contributed by atoms with Crippen LogP contribution in [-0.4, -0.2) is 16.0 Å². The number of furan rings is 1. The van der Waals surface area contributed by atoms with Crippen LogP contribution in [0.2, 0.25) is 0 Å². The molecule has 0 atom stereocenters. The molecule has 0 bridgehead atoms. The number of carbonyl (C=O) groups excluding carboxylic acids is 1. The fourth-order valence-electron chi connectivity index (χ4n) is 2.09. The second-order valence-corrected chi connectivity index (χ2v) is 4.08. The van der Waals surface area contributed by atoms with E-state index < -0.39 is 0 Å². The minimum Gasteiger partial charge on any atom is -0.472 e. The van der Waals surface area contributed by atoms with Crippen molar-refractivity contribution >= 4 is 5.78 Å². The molecule has 3 rings (SSSR count). The van der Waals surface area contributed by atoms with Crippen LogP contribution in [0.5, 0.6) is 0 Å². The number of hydrogen-bond acceptors (Lipinski definition) is 3. The number of carbonyl (C=O) groups is 1. The zero-order chi connectivity index (χ0) is 11.7. The quantitative estimate of drug-likeness (QED) is 0.763. The largest absolute Gasteiger partial charge is 0.472 e. The number of aromatic nitrogens is 2. The number of hydrogen-bond donors (Lipinski definition) is 1. The van der Waals surface area contributed by atoms with Gasteiger partial charge in [-0.1, -0.05) is 12.2 Å². The van der Waals surface area contributed by atoms with Crippen LogP contribution in [0.15, 0.2) is 35.2 Å². The fourth-order valence-corrected chi connectivity index (χ4v) is 2.09. The number of allylic oxidation sites excluding steroid dienone is 2. The van der Waals surface area contributed by atoms with Crippen LogP contribution in [-0.2, 0) is 6.42 Å². The summed E-state index contributed by atoms with van der Waals surface area (Å²) in [4.78, 5) is 12.1. The number of Topliss-reactive ketones (excluding diaryl/α,β-unsaturated/α-hetero) is 1. The van der Waals surface area contributed by atoms with Gasteiger partial charge in [0.25, 0.3) is 0 Å². The van der Waals surface area contributed by atoms with E-state index in [-0.39, 0.29) is 5.78 Å². The van der Waals surface area contributed by atoms with Crippen LogP contribution in [0.4, 0.5) is 0 Å². The van der Waals surface area contributed by atoms with Crippen LogP contribution in [0.25, 0.3) is 11.3 Å². The lowest BCUT2D eigenvalue weighted by atomic mass is 9.97. The number of fused-ring (bicyclic) bond motifs is 1. The Kier molecular flexibility index (Phi) is 2.40. The molecule has 1 N–H and O–H groups in total. The van der Waals surface area contributed by atoms with Gasteiger partial charge in [0.05, 0.1) is 23.8 Å². The van der Waals surface area contributed by atoms with E-state index in [1.54, 1.807) is 12.5 Å². The molecular formula is C13H12N2O2. The molecule has 2 aromatic rings. The number of rotatable bonds is 1. The molecule has 86 valence electrons. The zero-order valence-corrected chi connectivity index (χ0v) is 9.27. The number of nitrogens with one attached hydrogen (secondary N) is 1. The van der Waals surface area contributed by atoms with Crippen LogP contribution < -0.4 is 0 Å². The van der Waals surface area contributed by atoms with Gasteiger partial charge < -0.3 is 4.42 Å². The number of H-pyrrole nitrogens is 1. The molecule has 1 aliphatic carbocycles. The van der Waals surface area contributed by atoms with Crippen LogP contribution in [0, 0.1) is 0 Å². The van der Waals surface area contributed by atoms with Gasteiger partial charge in [0.15, 0.2) is 5.78 Å². The molecule has 0 radical (unpaired) electrons. The fraction of sp³-hybridized carbons (Fsp3) is 0.231. The van der Waals surface area contributed by atoms with Gasteiger partial charge in [0.2, 0.25) is 0 Å². The monoisotopic (exact) mass is 228 g/mol. The number of nitrogens with zero attached hydrogens (tertiary/aromatic N) is 1. The lowest BCUT2D eigenvalue weighted by Crippen LogP contribution is -2.04. The first-order chi connectivity index (χ1) is 8.36. The molecule has 0 aromatic carbocycles. The van der Waals surface area contributed by atoms with E-state index in [1.165, 1.54) is 0 Å². The van der Waals surface area contributed by atoms with Crippen molar-refractivity contribution in [2.45, 2.75) is 19.3 Å². The Morgan fingerprint density at radius 1 is 1.35 bits per heavy atom. The Morgan fingerprint density at radius 3 is 3.12 bits per heavy atom. The van der Waals surface area contributed by atoms with E-state index in [2.05, 4.69) is 16.3 Å². The van der Waals surface area contributed by atoms with Crippen LogP contribution in [0.1, 0.15) is 28.9 Å². The average molecular weight is 228 g/mol. The minimum atomic E-state index is 0.148. The Balaban J connectivity index is 2.13. The van der Waals surface area contributed by atoms with Crippen molar-refractivity contribution in [3.63, 3.8) is 0 Å². The molecule has 2 heterocycles. The molecule has 0 saturated carbocycles. The summed E-state index contributed by atoms with van der Waals surface area (Å²) in [6.07, 6.45) is 9.37. The van der Waals surface area contributed by atoms with Crippen LogP contribution in [0.3, 0.4) is 0 Å². The third-order valence-corrected chi connectivity index (χ3v) is 2.94. The maximum atomic E-state index is 12.1. The van der Waals surface area contributed by atoms with Gasteiger partial charge >= 0.3 is 0 Å². The Bertz CT molecular complexity index is 564. The first-order valence-corrected chi connectivity index (χ1v) is 5.64. The minimum absolute atomic E-state index is 0.148. The highest BCUT2D eigenvalue weighted by Crippen LogP contribution is 2.27. The summed E-state index contributed by atoms with van der Waals surface area (Å²) in [5.41, 5.74) is 3.16. The standard InChI is InChI=1S/C13H12N2O2/c16-11-5-3-1-2-4-10-12(11)13(15-14-10)9-6-7-17-8-9/h1-2,6-8H,3-5H2,(H,14,15). The van der Waals surface area contributed by atoms with Crippen molar-refractivity contribution in [2.75, 3.05) is 0 Å². The number of aromatic amines is 1. The maximum absolute atomic E-state index is 12.1. The molecular weight excluding hydrogens is 216 g/mol. The van der Waals surface area contributed by atoms with Gasteiger partial charge in [0.1, 0.15) is 5.69 Å². The van der Waals surface area contributed by atoms with Crippen molar-refractivity contribution in [2.24, 2.45) is 0 Å². The zero-order valence-electron chi connectivity index (χ0n) is 9.27. The molecule has 0 unspecified atom stereocenters. The van der Waals surface area contributed by atoms with E-state index >= 15 is 0 Å². The summed E-state index contributed by atoms with van der Waals surface area (Å²) in [6, 6.07) is 1.82. The molecule has 17 heavy (non-hydrogen) atoms. The second kappa shape index (κ2) is 4.05. The van der Waals surface area contributed by atoms with Gasteiger partial charge in [-0.3, -0.25) is 9.89 Å². The molecule has 0 fully saturated rings. The van der Waals surface area contributed by atoms with Crippen molar-refractivity contribution in [3.05, 3.63) is 42.0 Å². The lowest BCUT2D eigenvalue weighted by molar-refractivity contribution is 0.0983. The van der Waals surface area contributed by atoms with Gasteiger partial charge in [-0.05, 0) is 12.5 Å². The van der Waals surface area contributed by atoms with E-state index in [0.717, 1.165) is 29.7 Å². The van der Waals surface area contributed by atoms with Gasteiger partial charge in [0, 0.05) is 18.4 Å². The van der Waals surface area contributed by atoms with Gasteiger partial charge in [-0.15, -0.1) is 0 Å². The van der Waals surface area contributed by atoms with E-state index in [4.69, 9.17) is 4.42 Å². The Labute approximate surface area is 98.3 Å². The topological polar surface area (TPSA) is 58.9 Å². The third-order valence-electron chi connectivity index (χ3n) is 2.94. The highest BCUT2D eigenvalue weighted by atomic mass is 16.3. The predicted octanol–water partition coefficient (Wildman–Crippen LogP) is 2.74. The number of ketones is 1. The normalized spacial score (nSPS) is 15.4. The first kappa shape index (κ1) is 10.1. The lowest BCUT2D eigenvalue weighted by Gasteiger charge is -2.04. The predicted molar refractivity (Wildman–Crippen MR) is 62.7 cm³/mol. The molecule has 0 amide bonds. The van der Waals surface area contributed by atoms with Crippen molar-refractivity contribution in [1.29, 1.82) is 0 Å². The highest BCUT2D eigenvalue weighted by Gasteiger charge is 2.21. The SMILES string of the molecule is O=C1CCC=CCc2[nH]nc(-c3ccoc3)c21. The molecule has 2 aromatic heterocycles. The Hall–Kier alpha value is -2.10. The third kappa shape index (κ3) is 1.71. The first-order valence-electron chi connectivity index (χ1n) is 5.64. The van der Waals surface area contributed by atoms with Gasteiger partial charge in [-0.25, -0.2) is 0 Å². The van der Waals surface area contributed by atoms with Crippen molar-refractivity contribution < 1.29 is 9.21 Å². The molecule has 4 nitrogen and oxygen atoms in total. The molecule has 1 aliphatic rings. The van der Waals surface area contributed by atoms with Crippen LogP contribution >= 0.6 is 0 Å². The highest BCUT2D eigenvalue weighted by molar-refractivity contribution is 6.02. The second-order valence-electron chi connectivity index (χ2n) is 4.08. The smallest absolute Gasteiger partial charge is 0.167 e. The summed E-state index contributed by atoms with van der Waals surface area (Å²) < 4.78 is 5.04. The molecule has 4 heteroatoms. The van der Waals surface area contributed by atoms with Gasteiger partial charge in [-0.2, -0.15) is 5.10 Å². The van der Waals surface area contributed by atoms with E-state index in [1.807, 2.05) is 12.1 Å². The summed E-state index contributed by atoms with van der Waals surface area (Å²) in [5.74, 6) is 0.148. The molecule has 0 aliphatic heterocycles. The average Bonchev–Trinajstić information content (AvgIpc) is 2.93. The van der Waals surface area contributed by atoms with Crippen molar-refractivity contribution in [1.82, 2.24) is 10.2 Å².